The quantitative estimate of drug-likeness (QED) is 0.686. The summed E-state index contributed by atoms with van der Waals surface area (Å²) < 4.78 is 5.25. The minimum absolute atomic E-state index is 0.765. The van der Waals surface area contributed by atoms with Gasteiger partial charge in [-0.15, -0.1) is 0 Å². The van der Waals surface area contributed by atoms with Crippen LogP contribution >= 0.6 is 11.6 Å². The molecule has 0 saturated carbocycles. The molecule has 0 aliphatic heterocycles. The molecule has 1 aromatic rings. The number of halogens is 1. The number of ether oxygens (including phenoxy) is 1. The molecule has 0 bridgehead atoms. The zero-order valence-corrected chi connectivity index (χ0v) is 9.34. The molecular weight excluding hydrogens is 196 g/mol. The van der Waals surface area contributed by atoms with Gasteiger partial charge in [0.15, 0.2) is 0 Å². The summed E-state index contributed by atoms with van der Waals surface area (Å²) in [6.07, 6.45) is 6.18. The molecule has 1 nitrogen and oxygen atoms in total. The van der Waals surface area contributed by atoms with E-state index in [4.69, 9.17) is 16.3 Å². The van der Waals surface area contributed by atoms with Gasteiger partial charge in [0.1, 0.15) is 5.75 Å². The minimum Gasteiger partial charge on any atom is -0.496 e. The summed E-state index contributed by atoms with van der Waals surface area (Å²) in [6.45, 7) is 2.02. The number of aryl methyl sites for hydroxylation is 1. The van der Waals surface area contributed by atoms with E-state index in [-0.39, 0.29) is 0 Å². The Morgan fingerprint density at radius 3 is 2.86 bits per heavy atom. The largest absolute Gasteiger partial charge is 0.496 e. The lowest BCUT2D eigenvalue weighted by Crippen LogP contribution is -1.91. The normalized spacial score (nSPS) is 10.8. The number of hydrogen-bond donors (Lipinski definition) is 0. The van der Waals surface area contributed by atoms with Crippen molar-refractivity contribution < 1.29 is 4.74 Å². The van der Waals surface area contributed by atoms with Crippen LogP contribution in [0.2, 0.25) is 5.02 Å². The summed E-state index contributed by atoms with van der Waals surface area (Å²) in [7, 11) is 1.68. The highest BCUT2D eigenvalue weighted by Gasteiger charge is 2.02. The highest BCUT2D eigenvalue weighted by atomic mass is 35.5. The standard InChI is InChI=1S/C12H15ClO/c1-3-4-5-6-10-9-11(13)7-8-12(10)14-2/h3-4,7-9H,5-6H2,1-2H3/b4-3-. The topological polar surface area (TPSA) is 9.23 Å². The summed E-state index contributed by atoms with van der Waals surface area (Å²) >= 11 is 5.91. The third kappa shape index (κ3) is 3.08. The maximum absolute atomic E-state index is 5.91. The van der Waals surface area contributed by atoms with E-state index >= 15 is 0 Å². The van der Waals surface area contributed by atoms with E-state index in [1.807, 2.05) is 25.1 Å². The number of hydrogen-bond acceptors (Lipinski definition) is 1. The van der Waals surface area contributed by atoms with Gasteiger partial charge >= 0.3 is 0 Å². The zero-order chi connectivity index (χ0) is 10.4. The second-order valence-corrected chi connectivity index (χ2v) is 3.50. The highest BCUT2D eigenvalue weighted by Crippen LogP contribution is 2.23. The second kappa shape index (κ2) is 5.71. The SMILES string of the molecule is C/C=C\CCc1cc(Cl)ccc1OC. The Bertz CT molecular complexity index is 318. The average Bonchev–Trinajstić information content (AvgIpc) is 2.19. The maximum atomic E-state index is 5.91. The van der Waals surface area contributed by atoms with Crippen molar-refractivity contribution in [3.05, 3.63) is 40.9 Å². The van der Waals surface area contributed by atoms with Crippen molar-refractivity contribution in [1.29, 1.82) is 0 Å². The van der Waals surface area contributed by atoms with Crippen LogP contribution in [0, 0.1) is 0 Å². The molecule has 1 rings (SSSR count). The molecule has 76 valence electrons. The minimum atomic E-state index is 0.765. The summed E-state index contributed by atoms with van der Waals surface area (Å²) in [6, 6.07) is 5.72. The Kier molecular flexibility index (Phi) is 4.54. The van der Waals surface area contributed by atoms with Crippen molar-refractivity contribution in [3.63, 3.8) is 0 Å². The summed E-state index contributed by atoms with van der Waals surface area (Å²) in [5.74, 6) is 0.916. The predicted molar refractivity (Wildman–Crippen MR) is 61.1 cm³/mol. The Hall–Kier alpha value is -0.950. The van der Waals surface area contributed by atoms with Crippen LogP contribution < -0.4 is 4.74 Å². The monoisotopic (exact) mass is 210 g/mol. The first kappa shape index (κ1) is 11.1. The molecule has 14 heavy (non-hydrogen) atoms. The van der Waals surface area contributed by atoms with Crippen molar-refractivity contribution in [2.75, 3.05) is 7.11 Å². The Morgan fingerprint density at radius 1 is 1.43 bits per heavy atom. The van der Waals surface area contributed by atoms with Gasteiger partial charge in [-0.3, -0.25) is 0 Å². The van der Waals surface area contributed by atoms with Gasteiger partial charge in [0.2, 0.25) is 0 Å². The lowest BCUT2D eigenvalue weighted by Gasteiger charge is -2.07. The van der Waals surface area contributed by atoms with E-state index in [0.29, 0.717) is 0 Å². The van der Waals surface area contributed by atoms with Crippen molar-refractivity contribution in [1.82, 2.24) is 0 Å². The van der Waals surface area contributed by atoms with E-state index in [1.165, 1.54) is 0 Å². The molecule has 0 unspecified atom stereocenters. The van der Waals surface area contributed by atoms with Crippen LogP contribution in [0.15, 0.2) is 30.4 Å². The molecule has 0 aliphatic carbocycles. The fraction of sp³-hybridized carbons (Fsp3) is 0.333. The zero-order valence-electron chi connectivity index (χ0n) is 8.59. The van der Waals surface area contributed by atoms with Gasteiger partial charge in [0, 0.05) is 5.02 Å². The van der Waals surface area contributed by atoms with Gasteiger partial charge in [-0.25, -0.2) is 0 Å². The smallest absolute Gasteiger partial charge is 0.122 e. The fourth-order valence-corrected chi connectivity index (χ4v) is 1.54. The van der Waals surface area contributed by atoms with E-state index in [9.17, 15) is 0 Å². The van der Waals surface area contributed by atoms with E-state index in [1.54, 1.807) is 7.11 Å². The van der Waals surface area contributed by atoms with Crippen LogP contribution in [0.1, 0.15) is 18.9 Å². The Balaban J connectivity index is 2.76. The van der Waals surface area contributed by atoms with Crippen molar-refractivity contribution in [2.24, 2.45) is 0 Å². The first-order valence-electron chi connectivity index (χ1n) is 4.71. The van der Waals surface area contributed by atoms with Crippen LogP contribution in [0.5, 0.6) is 5.75 Å². The Morgan fingerprint density at radius 2 is 2.21 bits per heavy atom. The number of benzene rings is 1. The van der Waals surface area contributed by atoms with Gasteiger partial charge in [-0.05, 0) is 43.5 Å². The molecule has 0 spiro atoms. The highest BCUT2D eigenvalue weighted by molar-refractivity contribution is 6.30. The lowest BCUT2D eigenvalue weighted by atomic mass is 10.1. The molecule has 0 saturated heterocycles. The molecule has 0 aliphatic rings. The molecule has 0 aromatic heterocycles. The molecule has 0 radical (unpaired) electrons. The first-order chi connectivity index (χ1) is 6.77. The first-order valence-corrected chi connectivity index (χ1v) is 5.09. The number of rotatable bonds is 4. The van der Waals surface area contributed by atoms with Crippen LogP contribution in [0.25, 0.3) is 0 Å². The summed E-state index contributed by atoms with van der Waals surface area (Å²) in [5.41, 5.74) is 1.16. The summed E-state index contributed by atoms with van der Waals surface area (Å²) in [4.78, 5) is 0. The van der Waals surface area contributed by atoms with E-state index < -0.39 is 0 Å². The van der Waals surface area contributed by atoms with Gasteiger partial charge in [-0.1, -0.05) is 23.8 Å². The third-order valence-corrected chi connectivity index (χ3v) is 2.29. The maximum Gasteiger partial charge on any atom is 0.122 e. The summed E-state index contributed by atoms with van der Waals surface area (Å²) in [5, 5.41) is 0.765. The third-order valence-electron chi connectivity index (χ3n) is 2.06. The molecule has 0 atom stereocenters. The molecule has 1 aromatic carbocycles. The molecular formula is C12H15ClO. The van der Waals surface area contributed by atoms with Crippen LogP contribution in [-0.4, -0.2) is 7.11 Å². The Labute approximate surface area is 90.3 Å². The second-order valence-electron chi connectivity index (χ2n) is 3.06. The van der Waals surface area contributed by atoms with Crippen LogP contribution in [0.3, 0.4) is 0 Å². The van der Waals surface area contributed by atoms with Crippen LogP contribution in [0.4, 0.5) is 0 Å². The van der Waals surface area contributed by atoms with E-state index in [0.717, 1.165) is 29.2 Å². The lowest BCUT2D eigenvalue weighted by molar-refractivity contribution is 0.409. The molecule has 0 heterocycles. The van der Waals surface area contributed by atoms with Gasteiger partial charge < -0.3 is 4.74 Å². The molecule has 0 amide bonds. The van der Waals surface area contributed by atoms with Crippen LogP contribution in [-0.2, 0) is 6.42 Å². The molecule has 2 heteroatoms. The predicted octanol–water partition coefficient (Wildman–Crippen LogP) is 3.86. The van der Waals surface area contributed by atoms with Gasteiger partial charge in [0.25, 0.3) is 0 Å². The van der Waals surface area contributed by atoms with E-state index in [2.05, 4.69) is 12.2 Å². The molecule has 0 fully saturated rings. The van der Waals surface area contributed by atoms with Crippen molar-refractivity contribution >= 4 is 11.6 Å². The van der Waals surface area contributed by atoms with Crippen molar-refractivity contribution in [2.45, 2.75) is 19.8 Å². The molecule has 0 N–H and O–H groups in total. The van der Waals surface area contributed by atoms with Crippen molar-refractivity contribution in [3.8, 4) is 5.75 Å². The van der Waals surface area contributed by atoms with Gasteiger partial charge in [0.05, 0.1) is 7.11 Å². The number of methoxy groups -OCH3 is 1. The average molecular weight is 211 g/mol. The fourth-order valence-electron chi connectivity index (χ4n) is 1.35. The number of allylic oxidation sites excluding steroid dienone is 2. The van der Waals surface area contributed by atoms with Gasteiger partial charge in [-0.2, -0.15) is 0 Å².